The van der Waals surface area contributed by atoms with Crippen LogP contribution in [0.2, 0.25) is 5.02 Å². The minimum Gasteiger partial charge on any atom is -0.457 e. The largest absolute Gasteiger partial charge is 0.457 e. The fourth-order valence-electron chi connectivity index (χ4n) is 1.98. The molecule has 0 saturated carbocycles. The van der Waals surface area contributed by atoms with E-state index >= 15 is 0 Å². The molecule has 0 amide bonds. The van der Waals surface area contributed by atoms with Crippen LogP contribution in [0.15, 0.2) is 35.3 Å². The van der Waals surface area contributed by atoms with Crippen LogP contribution in [0.3, 0.4) is 0 Å². The standard InChI is InChI=1S/C18H20ClFN2O/c1-5-22(4)11-21-17-6-13(3)18(7-12(17)2)23-16-9-14(19)8-15(20)10-16/h6-11H,5H2,1-4H3. The predicted octanol–water partition coefficient (Wildman–Crippen LogP) is 5.50. The molecule has 2 aromatic rings. The zero-order valence-corrected chi connectivity index (χ0v) is 14.5. The molecule has 5 heteroatoms. The summed E-state index contributed by atoms with van der Waals surface area (Å²) in [5, 5.41) is 0.304. The molecule has 0 aliphatic heterocycles. The number of halogens is 2. The highest BCUT2D eigenvalue weighted by molar-refractivity contribution is 6.30. The van der Waals surface area contributed by atoms with E-state index in [9.17, 15) is 4.39 Å². The van der Waals surface area contributed by atoms with E-state index in [4.69, 9.17) is 16.3 Å². The molecule has 0 bridgehead atoms. The molecule has 122 valence electrons. The van der Waals surface area contributed by atoms with Crippen LogP contribution in [-0.2, 0) is 0 Å². The van der Waals surface area contributed by atoms with Crippen LogP contribution in [0, 0.1) is 19.7 Å². The van der Waals surface area contributed by atoms with Crippen molar-refractivity contribution in [3.63, 3.8) is 0 Å². The summed E-state index contributed by atoms with van der Waals surface area (Å²) < 4.78 is 19.2. The Hall–Kier alpha value is -2.07. The van der Waals surface area contributed by atoms with Crippen molar-refractivity contribution in [2.45, 2.75) is 20.8 Å². The van der Waals surface area contributed by atoms with Gasteiger partial charge in [0.25, 0.3) is 0 Å². The minimum atomic E-state index is -0.425. The Morgan fingerprint density at radius 3 is 2.57 bits per heavy atom. The SMILES string of the molecule is CCN(C)C=Nc1cc(C)c(Oc2cc(F)cc(Cl)c2)cc1C. The van der Waals surface area contributed by atoms with Gasteiger partial charge in [-0.15, -0.1) is 0 Å². The molecule has 0 unspecified atom stereocenters. The number of nitrogens with zero attached hydrogens (tertiary/aromatic N) is 2. The van der Waals surface area contributed by atoms with Gasteiger partial charge in [-0.1, -0.05) is 11.6 Å². The van der Waals surface area contributed by atoms with Gasteiger partial charge in [-0.05, 0) is 56.2 Å². The first-order valence-corrected chi connectivity index (χ1v) is 7.76. The van der Waals surface area contributed by atoms with Crippen LogP contribution in [0.25, 0.3) is 0 Å². The van der Waals surface area contributed by atoms with E-state index in [0.717, 1.165) is 23.4 Å². The van der Waals surface area contributed by atoms with Crippen molar-refractivity contribution >= 4 is 23.6 Å². The molecule has 0 N–H and O–H groups in total. The molecule has 0 saturated heterocycles. The number of aliphatic imine (C=N–C) groups is 1. The molecule has 2 rings (SSSR count). The van der Waals surface area contributed by atoms with Gasteiger partial charge in [-0.25, -0.2) is 9.38 Å². The molecule has 0 heterocycles. The van der Waals surface area contributed by atoms with Gasteiger partial charge in [0.05, 0.1) is 12.0 Å². The third kappa shape index (κ3) is 4.70. The highest BCUT2D eigenvalue weighted by atomic mass is 35.5. The van der Waals surface area contributed by atoms with Gasteiger partial charge in [0.2, 0.25) is 0 Å². The third-order valence-corrected chi connectivity index (χ3v) is 3.67. The smallest absolute Gasteiger partial charge is 0.131 e. The monoisotopic (exact) mass is 334 g/mol. The molecule has 0 atom stereocenters. The quantitative estimate of drug-likeness (QED) is 0.532. The van der Waals surface area contributed by atoms with Crippen molar-refractivity contribution in [1.29, 1.82) is 0 Å². The van der Waals surface area contributed by atoms with Gasteiger partial charge < -0.3 is 9.64 Å². The van der Waals surface area contributed by atoms with E-state index in [1.165, 1.54) is 12.1 Å². The second-order valence-corrected chi connectivity index (χ2v) is 5.87. The summed E-state index contributed by atoms with van der Waals surface area (Å²) in [7, 11) is 1.97. The lowest BCUT2D eigenvalue weighted by Gasteiger charge is -2.13. The summed E-state index contributed by atoms with van der Waals surface area (Å²) in [6, 6.07) is 7.98. The van der Waals surface area contributed by atoms with Crippen LogP contribution >= 0.6 is 11.6 Å². The van der Waals surface area contributed by atoms with Crippen LogP contribution < -0.4 is 4.74 Å². The first kappa shape index (κ1) is 17.3. The van der Waals surface area contributed by atoms with Gasteiger partial charge in [0, 0.05) is 24.7 Å². The predicted molar refractivity (Wildman–Crippen MR) is 93.9 cm³/mol. The Balaban J connectivity index is 2.27. The van der Waals surface area contributed by atoms with Crippen LogP contribution in [0.5, 0.6) is 11.5 Å². The Labute approximate surface area is 141 Å². The van der Waals surface area contributed by atoms with Crippen molar-refractivity contribution in [1.82, 2.24) is 4.90 Å². The molecule has 2 aromatic carbocycles. The van der Waals surface area contributed by atoms with E-state index in [1.54, 1.807) is 12.4 Å². The fourth-order valence-corrected chi connectivity index (χ4v) is 2.19. The Morgan fingerprint density at radius 2 is 1.91 bits per heavy atom. The summed E-state index contributed by atoms with van der Waals surface area (Å²) in [5.41, 5.74) is 2.78. The highest BCUT2D eigenvalue weighted by Gasteiger charge is 2.08. The number of rotatable bonds is 5. The zero-order valence-electron chi connectivity index (χ0n) is 13.7. The van der Waals surface area contributed by atoms with Gasteiger partial charge in [-0.3, -0.25) is 0 Å². The summed E-state index contributed by atoms with van der Waals surface area (Å²) in [6.07, 6.45) is 1.80. The zero-order chi connectivity index (χ0) is 17.0. The van der Waals surface area contributed by atoms with E-state index in [1.807, 2.05) is 37.9 Å². The first-order chi connectivity index (χ1) is 10.9. The maximum atomic E-state index is 13.4. The second kappa shape index (κ2) is 7.47. The average Bonchev–Trinajstić information content (AvgIpc) is 2.47. The molecule has 0 radical (unpaired) electrons. The number of hydrogen-bond donors (Lipinski definition) is 0. The van der Waals surface area contributed by atoms with Gasteiger partial charge >= 0.3 is 0 Å². The van der Waals surface area contributed by atoms with Gasteiger partial charge in [0.1, 0.15) is 17.3 Å². The van der Waals surface area contributed by atoms with Crippen molar-refractivity contribution in [3.8, 4) is 11.5 Å². The Morgan fingerprint density at radius 1 is 1.17 bits per heavy atom. The molecule has 0 aliphatic carbocycles. The normalized spacial score (nSPS) is 11.0. The molecular formula is C18H20ClFN2O. The highest BCUT2D eigenvalue weighted by Crippen LogP contribution is 2.32. The second-order valence-electron chi connectivity index (χ2n) is 5.43. The van der Waals surface area contributed by atoms with E-state index in [2.05, 4.69) is 11.9 Å². The summed E-state index contributed by atoms with van der Waals surface area (Å²) in [5.74, 6) is 0.608. The summed E-state index contributed by atoms with van der Waals surface area (Å²) >= 11 is 5.85. The maximum Gasteiger partial charge on any atom is 0.131 e. The lowest BCUT2D eigenvalue weighted by molar-refractivity contribution is 0.473. The first-order valence-electron chi connectivity index (χ1n) is 7.38. The van der Waals surface area contributed by atoms with E-state index < -0.39 is 5.82 Å². The minimum absolute atomic E-state index is 0.304. The summed E-state index contributed by atoms with van der Waals surface area (Å²) in [6.45, 7) is 6.84. The summed E-state index contributed by atoms with van der Waals surface area (Å²) in [4.78, 5) is 6.47. The molecule has 3 nitrogen and oxygen atoms in total. The number of hydrogen-bond acceptors (Lipinski definition) is 2. The molecule has 0 aliphatic rings. The molecule has 0 aromatic heterocycles. The topological polar surface area (TPSA) is 24.8 Å². The van der Waals surface area contributed by atoms with Gasteiger partial charge in [0.15, 0.2) is 0 Å². The van der Waals surface area contributed by atoms with Crippen LogP contribution in [-0.4, -0.2) is 24.8 Å². The van der Waals surface area contributed by atoms with E-state index in [0.29, 0.717) is 16.5 Å². The number of ether oxygens (including phenoxy) is 1. The van der Waals surface area contributed by atoms with E-state index in [-0.39, 0.29) is 0 Å². The fraction of sp³-hybridized carbons (Fsp3) is 0.278. The van der Waals surface area contributed by atoms with Crippen LogP contribution in [0.4, 0.5) is 10.1 Å². The third-order valence-electron chi connectivity index (χ3n) is 3.45. The van der Waals surface area contributed by atoms with Crippen LogP contribution in [0.1, 0.15) is 18.1 Å². The van der Waals surface area contributed by atoms with Crippen molar-refractivity contribution in [3.05, 3.63) is 52.3 Å². The number of benzene rings is 2. The molecule has 0 spiro atoms. The molecular weight excluding hydrogens is 315 g/mol. The molecule has 0 fully saturated rings. The molecule has 23 heavy (non-hydrogen) atoms. The van der Waals surface area contributed by atoms with Crippen molar-refractivity contribution < 1.29 is 9.13 Å². The van der Waals surface area contributed by atoms with Gasteiger partial charge in [-0.2, -0.15) is 0 Å². The Kier molecular flexibility index (Phi) is 5.61. The average molecular weight is 335 g/mol. The van der Waals surface area contributed by atoms with Crippen molar-refractivity contribution in [2.24, 2.45) is 4.99 Å². The van der Waals surface area contributed by atoms with Crippen molar-refractivity contribution in [2.75, 3.05) is 13.6 Å². The Bertz CT molecular complexity index is 711. The number of aryl methyl sites for hydroxylation is 2. The lowest BCUT2D eigenvalue weighted by Crippen LogP contribution is -2.14. The maximum absolute atomic E-state index is 13.4. The lowest BCUT2D eigenvalue weighted by atomic mass is 10.1.